The maximum atomic E-state index is 13.8. The van der Waals surface area contributed by atoms with Gasteiger partial charge in [-0.15, -0.1) is 0 Å². The third-order valence-electron chi connectivity index (χ3n) is 9.85. The molecule has 4 aromatic rings. The highest BCUT2D eigenvalue weighted by Gasteiger charge is 2.44. The van der Waals surface area contributed by atoms with E-state index in [4.69, 9.17) is 16.3 Å². The van der Waals surface area contributed by atoms with E-state index >= 15 is 0 Å². The smallest absolute Gasteiger partial charge is 0.312 e. The first-order chi connectivity index (χ1) is 21.5. The molecule has 10 nitrogen and oxygen atoms in total. The Morgan fingerprint density at radius 2 is 1.27 bits per heavy atom. The lowest BCUT2D eigenvalue weighted by Gasteiger charge is -2.25. The number of aliphatic carboxylic acids is 2. The van der Waals surface area contributed by atoms with Gasteiger partial charge in [0.2, 0.25) is 11.8 Å². The zero-order valence-corrected chi connectivity index (χ0v) is 26.1. The molecule has 2 saturated carbocycles. The van der Waals surface area contributed by atoms with E-state index in [1.165, 1.54) is 28.4 Å². The third-order valence-corrected chi connectivity index (χ3v) is 10.1. The van der Waals surface area contributed by atoms with Crippen LogP contribution in [0.25, 0.3) is 21.8 Å². The Hall–Kier alpha value is -4.31. The molecule has 2 fully saturated rings. The van der Waals surface area contributed by atoms with E-state index in [0.717, 1.165) is 19.3 Å². The number of carbonyl (C=O) groups is 4. The Labute approximate surface area is 264 Å². The predicted octanol–water partition coefficient (Wildman–Crippen LogP) is 6.89. The molecule has 2 atom stereocenters. The number of benzene rings is 2. The van der Waals surface area contributed by atoms with E-state index in [0.29, 0.717) is 53.5 Å². The molecule has 0 saturated heterocycles. The van der Waals surface area contributed by atoms with Gasteiger partial charge < -0.3 is 20.1 Å². The zero-order valence-electron chi connectivity index (χ0n) is 25.3. The number of rotatable bonds is 8. The lowest BCUT2D eigenvalue weighted by atomic mass is 9.79. The second kappa shape index (κ2) is 11.6. The highest BCUT2D eigenvalue weighted by Crippen LogP contribution is 2.47. The monoisotopic (exact) mass is 634 g/mol. The average molecular weight is 635 g/mol. The highest BCUT2D eigenvalue weighted by atomic mass is 35.5. The average Bonchev–Trinajstić information content (AvgIpc) is 3.65. The van der Waals surface area contributed by atoms with Crippen LogP contribution in [0.2, 0.25) is 5.02 Å². The number of fused-ring (bicyclic) bond motifs is 2. The summed E-state index contributed by atoms with van der Waals surface area (Å²) in [6, 6.07) is 7.46. The lowest BCUT2D eigenvalue weighted by molar-refractivity contribution is -0.147. The van der Waals surface area contributed by atoms with Crippen LogP contribution in [0.1, 0.15) is 88.9 Å². The van der Waals surface area contributed by atoms with Gasteiger partial charge in [0.1, 0.15) is 23.3 Å². The number of carboxylic acids is 2. The van der Waals surface area contributed by atoms with Crippen molar-refractivity contribution in [2.75, 3.05) is 7.11 Å². The van der Waals surface area contributed by atoms with Crippen LogP contribution in [-0.4, -0.2) is 55.3 Å². The lowest BCUT2D eigenvalue weighted by Crippen LogP contribution is -2.30. The van der Waals surface area contributed by atoms with Crippen molar-refractivity contribution < 1.29 is 39.2 Å². The number of methoxy groups -OCH3 is 1. The topological polar surface area (TPSA) is 148 Å². The van der Waals surface area contributed by atoms with Crippen molar-refractivity contribution in [1.29, 1.82) is 0 Å². The summed E-state index contributed by atoms with van der Waals surface area (Å²) in [5, 5.41) is 33.0. The minimum atomic E-state index is -1.69. The number of halogens is 1. The molecule has 3 N–H and O–H groups in total. The van der Waals surface area contributed by atoms with Crippen LogP contribution in [0.15, 0.2) is 30.3 Å². The molecule has 2 aliphatic carbocycles. The van der Waals surface area contributed by atoms with Crippen LogP contribution in [0, 0.1) is 25.7 Å². The number of aromatic hydroxyl groups is 1. The molecule has 0 spiro atoms. The number of phenolic OH excluding ortho intramolecular Hbond substituents is 1. The van der Waals surface area contributed by atoms with Crippen molar-refractivity contribution in [1.82, 2.24) is 9.13 Å². The van der Waals surface area contributed by atoms with Gasteiger partial charge >= 0.3 is 11.9 Å². The maximum Gasteiger partial charge on any atom is 0.312 e. The first kappa shape index (κ1) is 30.7. The number of nitrogens with zero attached hydrogens (tertiary/aromatic N) is 2. The van der Waals surface area contributed by atoms with Crippen LogP contribution < -0.4 is 4.74 Å². The quantitative estimate of drug-likeness (QED) is 0.190. The van der Waals surface area contributed by atoms with Gasteiger partial charge in [-0.05, 0) is 81.0 Å². The molecule has 236 valence electrons. The molecule has 0 aliphatic heterocycles. The second-order valence-electron chi connectivity index (χ2n) is 12.3. The first-order valence-corrected chi connectivity index (χ1v) is 15.6. The molecule has 45 heavy (non-hydrogen) atoms. The van der Waals surface area contributed by atoms with E-state index in [1.807, 2.05) is 0 Å². The molecule has 2 heterocycles. The van der Waals surface area contributed by atoms with Crippen molar-refractivity contribution in [3.05, 3.63) is 57.9 Å². The fourth-order valence-electron chi connectivity index (χ4n) is 7.44. The number of hydrogen-bond donors (Lipinski definition) is 3. The van der Waals surface area contributed by atoms with Crippen LogP contribution >= 0.6 is 11.6 Å². The molecular weight excluding hydrogens is 600 g/mol. The van der Waals surface area contributed by atoms with Gasteiger partial charge in [-0.1, -0.05) is 30.9 Å². The number of carbonyl (C=O) groups excluding carboxylic acids is 2. The number of aromatic nitrogens is 2. The van der Waals surface area contributed by atoms with Crippen molar-refractivity contribution in [2.45, 2.75) is 70.6 Å². The molecule has 2 aromatic heterocycles. The molecule has 6 rings (SSSR count). The Balaban J connectivity index is 1.64. The maximum absolute atomic E-state index is 13.8. The molecule has 0 radical (unpaired) electrons. The Bertz CT molecular complexity index is 1890. The van der Waals surface area contributed by atoms with E-state index in [-0.39, 0.29) is 56.7 Å². The fourth-order valence-corrected chi connectivity index (χ4v) is 7.67. The summed E-state index contributed by atoms with van der Waals surface area (Å²) < 4.78 is 8.38. The van der Waals surface area contributed by atoms with E-state index in [2.05, 4.69) is 0 Å². The summed E-state index contributed by atoms with van der Waals surface area (Å²) in [6.45, 7) is 3.24. The Morgan fingerprint density at radius 1 is 0.778 bits per heavy atom. The Morgan fingerprint density at radius 3 is 1.73 bits per heavy atom. The standard InChI is InChI=1S/C34H35ClN2O8/c1-16-27(21-13-20(38)11-12-24(21)36(16)31(39)18-7-4-5-8-18)29(33(41)42)30(34(43)44)28-17(2)37(32(40)19-9-6-10-19)25-15-23(35)26(45-3)14-22(25)28/h11-15,18-19,29-30,38H,4-10H2,1-3H3,(H,41,42)(H,43,44). The highest BCUT2D eigenvalue weighted by molar-refractivity contribution is 6.33. The number of ether oxygens (including phenoxy) is 1. The van der Waals surface area contributed by atoms with Gasteiger partial charge in [0.05, 0.1) is 23.2 Å². The van der Waals surface area contributed by atoms with Crippen molar-refractivity contribution in [3.63, 3.8) is 0 Å². The number of phenols is 1. The van der Waals surface area contributed by atoms with Crippen molar-refractivity contribution in [3.8, 4) is 11.5 Å². The SMILES string of the molecule is COc1cc2c(C(C(=O)O)C(C(=O)O)c3c(C)n(C(=O)C4CCCC4)c4ccc(O)cc34)c(C)n(C(=O)C3CCC3)c2cc1Cl. The summed E-state index contributed by atoms with van der Waals surface area (Å²) >= 11 is 6.49. The number of hydrogen-bond acceptors (Lipinski definition) is 6. The molecule has 2 unspecified atom stereocenters. The van der Waals surface area contributed by atoms with Crippen LogP contribution in [0.5, 0.6) is 11.5 Å². The number of carboxylic acid groups (broad SMARTS) is 2. The van der Waals surface area contributed by atoms with Gasteiger partial charge in [0.25, 0.3) is 0 Å². The van der Waals surface area contributed by atoms with Crippen LogP contribution in [-0.2, 0) is 9.59 Å². The minimum Gasteiger partial charge on any atom is -0.508 e. The van der Waals surface area contributed by atoms with Crippen molar-refractivity contribution in [2.24, 2.45) is 11.8 Å². The largest absolute Gasteiger partial charge is 0.508 e. The van der Waals surface area contributed by atoms with E-state index in [9.17, 15) is 34.5 Å². The van der Waals surface area contributed by atoms with Gasteiger partial charge in [-0.25, -0.2) is 0 Å². The molecule has 0 amide bonds. The predicted molar refractivity (Wildman–Crippen MR) is 168 cm³/mol. The normalized spacial score (nSPS) is 17.0. The van der Waals surface area contributed by atoms with Gasteiger partial charge in [0.15, 0.2) is 0 Å². The van der Waals surface area contributed by atoms with E-state index in [1.54, 1.807) is 32.0 Å². The summed E-state index contributed by atoms with van der Waals surface area (Å²) in [5.74, 6) is -6.99. The molecule has 0 bridgehead atoms. The molecule has 11 heteroatoms. The zero-order chi connectivity index (χ0) is 32.3. The minimum absolute atomic E-state index is 0.124. The summed E-state index contributed by atoms with van der Waals surface area (Å²) in [7, 11) is 1.41. The van der Waals surface area contributed by atoms with Crippen LogP contribution in [0.4, 0.5) is 0 Å². The molecule has 2 aliphatic rings. The van der Waals surface area contributed by atoms with Gasteiger partial charge in [0, 0.05) is 34.0 Å². The molecule has 2 aromatic carbocycles. The second-order valence-corrected chi connectivity index (χ2v) is 12.7. The summed E-state index contributed by atoms with van der Waals surface area (Å²) in [4.78, 5) is 54.2. The third kappa shape index (κ3) is 4.86. The summed E-state index contributed by atoms with van der Waals surface area (Å²) in [5.41, 5.74) is 1.65. The van der Waals surface area contributed by atoms with Crippen LogP contribution in [0.3, 0.4) is 0 Å². The Kier molecular flexibility index (Phi) is 7.89. The van der Waals surface area contributed by atoms with E-state index < -0.39 is 23.8 Å². The van der Waals surface area contributed by atoms with Gasteiger partial charge in [-0.2, -0.15) is 0 Å². The molecular formula is C34H35ClN2O8. The fraction of sp³-hybridized carbons (Fsp3) is 0.412. The first-order valence-electron chi connectivity index (χ1n) is 15.2. The van der Waals surface area contributed by atoms with Crippen molar-refractivity contribution >= 4 is 57.2 Å². The summed E-state index contributed by atoms with van der Waals surface area (Å²) in [6.07, 6.45) is 5.57. The van der Waals surface area contributed by atoms with Gasteiger partial charge in [-0.3, -0.25) is 28.3 Å².